The Labute approximate surface area is 105 Å². The molecule has 0 aromatic carbocycles. The molecule has 0 spiro atoms. The first-order chi connectivity index (χ1) is 8.24. The lowest BCUT2D eigenvalue weighted by Gasteiger charge is -2.24. The van der Waals surface area contributed by atoms with Crippen LogP contribution in [0.1, 0.15) is 6.42 Å². The third kappa shape index (κ3) is 7.82. The van der Waals surface area contributed by atoms with Crippen LogP contribution in [0.2, 0.25) is 6.04 Å². The summed E-state index contributed by atoms with van der Waals surface area (Å²) in [6, 6.07) is 0.805. The summed E-state index contributed by atoms with van der Waals surface area (Å²) in [5.41, 5.74) is 5.35. The van der Waals surface area contributed by atoms with Crippen LogP contribution in [0, 0.1) is 0 Å². The van der Waals surface area contributed by atoms with Gasteiger partial charge < -0.3 is 30.3 Å². The zero-order valence-electron chi connectivity index (χ0n) is 11.0. The third-order valence-electron chi connectivity index (χ3n) is 2.70. The fraction of sp³-hybridized carbons (Fsp3) is 1.00. The maximum absolute atomic E-state index is 9.25. The zero-order chi connectivity index (χ0) is 13.0. The molecule has 7 heteroatoms. The number of nitrogens with two attached hydrogens (primary N) is 1. The van der Waals surface area contributed by atoms with Crippen LogP contribution in [0.15, 0.2) is 0 Å². The van der Waals surface area contributed by atoms with Crippen molar-refractivity contribution in [2.75, 3.05) is 53.2 Å². The summed E-state index contributed by atoms with van der Waals surface area (Å²) in [6.07, 6.45) is 0.962. The van der Waals surface area contributed by atoms with Gasteiger partial charge in [-0.3, -0.25) is 0 Å². The fourth-order valence-corrected chi connectivity index (χ4v) is 3.21. The van der Waals surface area contributed by atoms with Crippen LogP contribution in [-0.4, -0.2) is 66.8 Å². The molecule has 6 nitrogen and oxygen atoms in total. The van der Waals surface area contributed by atoms with Crippen molar-refractivity contribution in [2.45, 2.75) is 12.5 Å². The highest BCUT2D eigenvalue weighted by Gasteiger charge is 2.33. The molecule has 0 aliphatic heterocycles. The lowest BCUT2D eigenvalue weighted by Crippen LogP contribution is -2.45. The first kappa shape index (κ1) is 17.0. The second-order valence-corrected chi connectivity index (χ2v) is 7.32. The van der Waals surface area contributed by atoms with Crippen molar-refractivity contribution in [3.8, 4) is 0 Å². The van der Waals surface area contributed by atoms with Gasteiger partial charge >= 0.3 is 8.56 Å². The van der Waals surface area contributed by atoms with Crippen molar-refractivity contribution in [1.29, 1.82) is 0 Å². The van der Waals surface area contributed by atoms with Crippen LogP contribution >= 0.6 is 0 Å². The predicted molar refractivity (Wildman–Crippen MR) is 71.1 cm³/mol. The highest BCUT2D eigenvalue weighted by molar-refractivity contribution is 6.67. The van der Waals surface area contributed by atoms with Crippen LogP contribution in [0.3, 0.4) is 0 Å². The smallest absolute Gasteiger partial charge is 0.364 e. The topological polar surface area (TPSA) is 88.8 Å². The van der Waals surface area contributed by atoms with Crippen LogP contribution in [0.25, 0.3) is 0 Å². The minimum Gasteiger partial charge on any atom is -0.396 e. The minimum absolute atomic E-state index is 0.0120. The Bertz CT molecular complexity index is 163. The van der Waals surface area contributed by atoms with E-state index in [2.05, 4.69) is 10.6 Å². The van der Waals surface area contributed by atoms with Crippen molar-refractivity contribution in [2.24, 2.45) is 5.73 Å². The number of hydrogen-bond acceptors (Lipinski definition) is 6. The molecule has 0 bridgehead atoms. The quantitative estimate of drug-likeness (QED) is 0.261. The monoisotopic (exact) mass is 265 g/mol. The van der Waals surface area contributed by atoms with Gasteiger partial charge in [0.2, 0.25) is 0 Å². The van der Waals surface area contributed by atoms with Crippen molar-refractivity contribution < 1.29 is 14.0 Å². The molecule has 0 unspecified atom stereocenters. The molecule has 0 radical (unpaired) electrons. The van der Waals surface area contributed by atoms with Crippen LogP contribution in [0.5, 0.6) is 0 Å². The summed E-state index contributed by atoms with van der Waals surface area (Å²) in [4.78, 5) is 0. The Morgan fingerprint density at radius 2 is 1.65 bits per heavy atom. The van der Waals surface area contributed by atoms with E-state index in [1.165, 1.54) is 0 Å². The number of aliphatic hydroxyl groups excluding tert-OH is 1. The molecule has 0 atom stereocenters. The van der Waals surface area contributed by atoms with Crippen molar-refractivity contribution in [3.05, 3.63) is 0 Å². The molecule has 0 aliphatic rings. The molecule has 104 valence electrons. The van der Waals surface area contributed by atoms with Gasteiger partial charge in [-0.25, -0.2) is 0 Å². The molecule has 0 saturated heterocycles. The first-order valence-electron chi connectivity index (χ1n) is 6.07. The van der Waals surface area contributed by atoms with Gasteiger partial charge in [-0.05, 0) is 19.0 Å². The van der Waals surface area contributed by atoms with E-state index in [0.29, 0.717) is 6.54 Å². The number of nitrogens with one attached hydrogen (secondary N) is 2. The molecule has 0 aliphatic carbocycles. The van der Waals surface area contributed by atoms with Crippen LogP contribution in [-0.2, 0) is 8.85 Å². The Balaban J connectivity index is 3.43. The van der Waals surface area contributed by atoms with Gasteiger partial charge in [0.05, 0.1) is 6.23 Å². The zero-order valence-corrected chi connectivity index (χ0v) is 12.0. The van der Waals surface area contributed by atoms with E-state index in [0.717, 1.165) is 38.6 Å². The summed E-state index contributed by atoms with van der Waals surface area (Å²) in [6.45, 7) is 4.29. The number of aliphatic hydroxyl groups is 1. The van der Waals surface area contributed by atoms with Crippen molar-refractivity contribution in [3.63, 3.8) is 0 Å². The van der Waals surface area contributed by atoms with Gasteiger partial charge in [-0.1, -0.05) is 0 Å². The summed E-state index contributed by atoms with van der Waals surface area (Å²) >= 11 is 0. The largest absolute Gasteiger partial charge is 0.396 e. The molecule has 0 heterocycles. The molecule has 0 rings (SSSR count). The molecule has 0 aromatic rings. The lowest BCUT2D eigenvalue weighted by atomic mass is 10.4. The summed E-state index contributed by atoms with van der Waals surface area (Å²) in [5, 5.41) is 15.8. The summed E-state index contributed by atoms with van der Waals surface area (Å²) < 4.78 is 10.6. The summed E-state index contributed by atoms with van der Waals surface area (Å²) in [7, 11) is 0.899. The molecule has 0 amide bonds. The van der Waals surface area contributed by atoms with E-state index in [1.54, 1.807) is 14.2 Å². The third-order valence-corrected chi connectivity index (χ3v) is 5.78. The number of hydrogen-bond donors (Lipinski definition) is 4. The second-order valence-electron chi connectivity index (χ2n) is 3.87. The average Bonchev–Trinajstić information content (AvgIpc) is 2.38. The van der Waals surface area contributed by atoms with Gasteiger partial charge in [-0.2, -0.15) is 0 Å². The van der Waals surface area contributed by atoms with E-state index in [4.69, 9.17) is 14.6 Å². The van der Waals surface area contributed by atoms with Crippen LogP contribution < -0.4 is 16.4 Å². The van der Waals surface area contributed by atoms with Crippen molar-refractivity contribution in [1.82, 2.24) is 10.6 Å². The van der Waals surface area contributed by atoms with Gasteiger partial charge in [0.15, 0.2) is 0 Å². The SMILES string of the molecule is CO[Si](CO)(CCCNCCNCCN)OC. The Morgan fingerprint density at radius 1 is 1.06 bits per heavy atom. The molecular formula is C10H27N3O3Si. The van der Waals surface area contributed by atoms with Crippen molar-refractivity contribution >= 4 is 8.56 Å². The maximum Gasteiger partial charge on any atom is 0.364 e. The van der Waals surface area contributed by atoms with E-state index in [9.17, 15) is 5.11 Å². The molecular weight excluding hydrogens is 238 g/mol. The molecule has 17 heavy (non-hydrogen) atoms. The van der Waals surface area contributed by atoms with Crippen LogP contribution in [0.4, 0.5) is 0 Å². The Hall–Kier alpha value is -0.0231. The van der Waals surface area contributed by atoms with Gasteiger partial charge in [0.25, 0.3) is 0 Å². The van der Waals surface area contributed by atoms with Gasteiger partial charge in [0.1, 0.15) is 0 Å². The standard InChI is InChI=1S/C10H27N3O3Si/c1-15-17(10-14,16-2)9-3-5-12-7-8-13-6-4-11/h12-14H,3-11H2,1-2H3. The maximum atomic E-state index is 9.25. The first-order valence-corrected chi connectivity index (χ1v) is 8.30. The second kappa shape index (κ2) is 11.1. The Morgan fingerprint density at radius 3 is 2.12 bits per heavy atom. The average molecular weight is 265 g/mol. The van der Waals surface area contributed by atoms with E-state index in [-0.39, 0.29) is 6.23 Å². The number of rotatable bonds is 12. The van der Waals surface area contributed by atoms with E-state index < -0.39 is 8.56 Å². The van der Waals surface area contributed by atoms with Gasteiger partial charge in [0, 0.05) is 40.4 Å². The summed E-state index contributed by atoms with van der Waals surface area (Å²) in [5.74, 6) is 0. The lowest BCUT2D eigenvalue weighted by molar-refractivity contribution is 0.196. The molecule has 0 aromatic heterocycles. The molecule has 5 N–H and O–H groups in total. The molecule has 0 fully saturated rings. The predicted octanol–water partition coefficient (Wildman–Crippen LogP) is -1.22. The van der Waals surface area contributed by atoms with E-state index >= 15 is 0 Å². The highest BCUT2D eigenvalue weighted by atomic mass is 28.4. The highest BCUT2D eigenvalue weighted by Crippen LogP contribution is 2.12. The molecule has 0 saturated carbocycles. The van der Waals surface area contributed by atoms with Gasteiger partial charge in [-0.15, -0.1) is 0 Å². The normalized spacial score (nSPS) is 12.0. The fourth-order valence-electron chi connectivity index (χ4n) is 1.51. The minimum atomic E-state index is -2.32. The van der Waals surface area contributed by atoms with E-state index in [1.807, 2.05) is 0 Å². The Kier molecular flexibility index (Phi) is 11.1.